The van der Waals surface area contributed by atoms with Crippen molar-refractivity contribution >= 4 is 5.69 Å². The Hall–Kier alpha value is -2.56. The topological polar surface area (TPSA) is 71.0 Å². The number of phenols is 2. The normalized spacial score (nSPS) is 10.1. The lowest BCUT2D eigenvalue weighted by Gasteiger charge is -2.12. The highest BCUT2D eigenvalue weighted by atomic mass is 16.5. The highest BCUT2D eigenvalue weighted by molar-refractivity contribution is 5.55. The monoisotopic (exact) mass is 275 g/mol. The number of anilines is 1. The lowest BCUT2D eigenvalue weighted by atomic mass is 10.2. The highest BCUT2D eigenvalue weighted by Crippen LogP contribution is 2.31. The van der Waals surface area contributed by atoms with E-state index >= 15 is 0 Å². The number of rotatable bonds is 5. The minimum absolute atomic E-state index is 0.111. The van der Waals surface area contributed by atoms with Crippen LogP contribution in [0.15, 0.2) is 36.4 Å². The van der Waals surface area contributed by atoms with Crippen molar-refractivity contribution in [2.75, 3.05) is 19.5 Å². The van der Waals surface area contributed by atoms with E-state index in [9.17, 15) is 10.2 Å². The van der Waals surface area contributed by atoms with Crippen LogP contribution < -0.4 is 14.8 Å². The molecule has 0 aromatic heterocycles. The van der Waals surface area contributed by atoms with Crippen LogP contribution in [-0.2, 0) is 6.54 Å². The standard InChI is InChI=1S/C15H17NO4/c1-19-13-7-6-11(8-14(13)20-2)16-9-10-4-3-5-12(17)15(10)18/h3-8,16-18H,9H2,1-2H3. The third-order valence-corrected chi connectivity index (χ3v) is 2.96. The van der Waals surface area contributed by atoms with Crippen LogP contribution in [0, 0.1) is 0 Å². The minimum Gasteiger partial charge on any atom is -0.504 e. The maximum atomic E-state index is 9.72. The van der Waals surface area contributed by atoms with Crippen molar-refractivity contribution < 1.29 is 19.7 Å². The summed E-state index contributed by atoms with van der Waals surface area (Å²) in [5.41, 5.74) is 1.44. The molecule has 2 rings (SSSR count). The zero-order chi connectivity index (χ0) is 14.5. The molecule has 0 bridgehead atoms. The molecule has 0 amide bonds. The van der Waals surface area contributed by atoms with E-state index in [1.165, 1.54) is 6.07 Å². The van der Waals surface area contributed by atoms with Crippen molar-refractivity contribution in [3.63, 3.8) is 0 Å². The summed E-state index contributed by atoms with van der Waals surface area (Å²) in [5.74, 6) is 1.04. The first-order valence-electron chi connectivity index (χ1n) is 6.11. The largest absolute Gasteiger partial charge is 0.504 e. The maximum Gasteiger partial charge on any atom is 0.162 e. The summed E-state index contributed by atoms with van der Waals surface area (Å²) >= 11 is 0. The fraction of sp³-hybridized carbons (Fsp3) is 0.200. The van der Waals surface area contributed by atoms with Crippen molar-refractivity contribution in [2.45, 2.75) is 6.54 Å². The van der Waals surface area contributed by atoms with Gasteiger partial charge in [0.15, 0.2) is 23.0 Å². The Labute approximate surface area is 117 Å². The van der Waals surface area contributed by atoms with Crippen molar-refractivity contribution in [2.24, 2.45) is 0 Å². The maximum absolute atomic E-state index is 9.72. The van der Waals surface area contributed by atoms with Crippen molar-refractivity contribution in [1.82, 2.24) is 0 Å². The lowest BCUT2D eigenvalue weighted by molar-refractivity contribution is 0.355. The number of nitrogens with one attached hydrogen (secondary N) is 1. The summed E-state index contributed by atoms with van der Waals surface area (Å²) in [4.78, 5) is 0. The van der Waals surface area contributed by atoms with Crippen LogP contribution in [0.1, 0.15) is 5.56 Å². The molecule has 5 nitrogen and oxygen atoms in total. The summed E-state index contributed by atoms with van der Waals surface area (Å²) in [7, 11) is 3.15. The number of ether oxygens (including phenoxy) is 2. The van der Waals surface area contributed by atoms with Crippen molar-refractivity contribution in [1.29, 1.82) is 0 Å². The van der Waals surface area contributed by atoms with Crippen LogP contribution in [0.2, 0.25) is 0 Å². The van der Waals surface area contributed by atoms with E-state index in [4.69, 9.17) is 9.47 Å². The second-order valence-corrected chi connectivity index (χ2v) is 4.21. The van der Waals surface area contributed by atoms with Gasteiger partial charge in [-0.25, -0.2) is 0 Å². The predicted molar refractivity (Wildman–Crippen MR) is 76.6 cm³/mol. The second kappa shape index (κ2) is 6.06. The molecule has 0 spiro atoms. The molecule has 5 heteroatoms. The van der Waals surface area contributed by atoms with Gasteiger partial charge in [-0.1, -0.05) is 12.1 Å². The molecule has 0 unspecified atom stereocenters. The molecule has 0 atom stereocenters. The Morgan fingerprint density at radius 3 is 2.45 bits per heavy atom. The average molecular weight is 275 g/mol. The van der Waals surface area contributed by atoms with E-state index < -0.39 is 0 Å². The van der Waals surface area contributed by atoms with E-state index in [1.54, 1.807) is 38.5 Å². The number of phenolic OH excluding ortho intramolecular Hbond substituents is 2. The van der Waals surface area contributed by atoms with E-state index in [-0.39, 0.29) is 11.5 Å². The molecule has 0 aliphatic heterocycles. The van der Waals surface area contributed by atoms with Gasteiger partial charge < -0.3 is 25.0 Å². The Balaban J connectivity index is 2.13. The molecule has 3 N–H and O–H groups in total. The van der Waals surface area contributed by atoms with Gasteiger partial charge in [0.2, 0.25) is 0 Å². The first-order valence-corrected chi connectivity index (χ1v) is 6.11. The van der Waals surface area contributed by atoms with Gasteiger partial charge in [-0.05, 0) is 18.2 Å². The molecule has 2 aromatic carbocycles. The molecule has 2 aromatic rings. The van der Waals surface area contributed by atoms with E-state index in [2.05, 4.69) is 5.32 Å². The van der Waals surface area contributed by atoms with Crippen LogP contribution >= 0.6 is 0 Å². The number of aromatic hydroxyl groups is 2. The summed E-state index contributed by atoms with van der Waals surface area (Å²) in [6.45, 7) is 0.385. The first-order chi connectivity index (χ1) is 9.65. The Morgan fingerprint density at radius 1 is 1.00 bits per heavy atom. The summed E-state index contributed by atoms with van der Waals surface area (Å²) in [5, 5.41) is 22.3. The number of benzene rings is 2. The van der Waals surface area contributed by atoms with E-state index in [1.807, 2.05) is 6.07 Å². The van der Waals surface area contributed by atoms with Crippen molar-refractivity contribution in [3.05, 3.63) is 42.0 Å². The molecule has 0 saturated heterocycles. The molecule has 20 heavy (non-hydrogen) atoms. The SMILES string of the molecule is COc1ccc(NCc2cccc(O)c2O)cc1OC. The number of hydrogen-bond donors (Lipinski definition) is 3. The quantitative estimate of drug-likeness (QED) is 0.732. The molecule has 0 aliphatic carbocycles. The molecule has 0 fully saturated rings. The fourth-order valence-corrected chi connectivity index (χ4v) is 1.86. The van der Waals surface area contributed by atoms with Gasteiger partial charge in [0, 0.05) is 23.9 Å². The summed E-state index contributed by atoms with van der Waals surface area (Å²) in [6.07, 6.45) is 0. The Kier molecular flexibility index (Phi) is 4.20. The molecular weight excluding hydrogens is 258 g/mol. The van der Waals surface area contributed by atoms with Crippen LogP contribution in [0.25, 0.3) is 0 Å². The van der Waals surface area contributed by atoms with Gasteiger partial charge in [0.25, 0.3) is 0 Å². The smallest absolute Gasteiger partial charge is 0.162 e. The summed E-state index contributed by atoms with van der Waals surface area (Å²) in [6, 6.07) is 10.3. The number of para-hydroxylation sites is 1. The third kappa shape index (κ3) is 2.88. The van der Waals surface area contributed by atoms with Gasteiger partial charge in [-0.15, -0.1) is 0 Å². The molecule has 0 radical (unpaired) electrons. The number of methoxy groups -OCH3 is 2. The Bertz CT molecular complexity index is 598. The average Bonchev–Trinajstić information content (AvgIpc) is 2.48. The second-order valence-electron chi connectivity index (χ2n) is 4.21. The van der Waals surface area contributed by atoms with Gasteiger partial charge in [-0.2, -0.15) is 0 Å². The highest BCUT2D eigenvalue weighted by Gasteiger charge is 2.07. The van der Waals surface area contributed by atoms with E-state index in [0.29, 0.717) is 23.6 Å². The molecule has 0 aliphatic rings. The van der Waals surface area contributed by atoms with Crippen LogP contribution in [0.5, 0.6) is 23.0 Å². The molecule has 0 heterocycles. The van der Waals surface area contributed by atoms with E-state index in [0.717, 1.165) is 5.69 Å². The zero-order valence-electron chi connectivity index (χ0n) is 11.4. The lowest BCUT2D eigenvalue weighted by Crippen LogP contribution is -2.00. The fourth-order valence-electron chi connectivity index (χ4n) is 1.86. The van der Waals surface area contributed by atoms with Crippen LogP contribution in [0.4, 0.5) is 5.69 Å². The third-order valence-electron chi connectivity index (χ3n) is 2.96. The zero-order valence-corrected chi connectivity index (χ0v) is 11.4. The van der Waals surface area contributed by atoms with Gasteiger partial charge in [-0.3, -0.25) is 0 Å². The van der Waals surface area contributed by atoms with Crippen LogP contribution in [0.3, 0.4) is 0 Å². The molecule has 106 valence electrons. The molecular formula is C15H17NO4. The van der Waals surface area contributed by atoms with Gasteiger partial charge >= 0.3 is 0 Å². The summed E-state index contributed by atoms with van der Waals surface area (Å²) < 4.78 is 10.4. The predicted octanol–water partition coefficient (Wildman–Crippen LogP) is 2.73. The van der Waals surface area contributed by atoms with Crippen LogP contribution in [-0.4, -0.2) is 24.4 Å². The Morgan fingerprint density at radius 2 is 1.75 bits per heavy atom. The minimum atomic E-state index is -0.128. The van der Waals surface area contributed by atoms with Gasteiger partial charge in [0.1, 0.15) is 0 Å². The van der Waals surface area contributed by atoms with Crippen molar-refractivity contribution in [3.8, 4) is 23.0 Å². The number of hydrogen-bond acceptors (Lipinski definition) is 5. The van der Waals surface area contributed by atoms with Gasteiger partial charge in [0.05, 0.1) is 14.2 Å². The molecule has 0 saturated carbocycles. The first kappa shape index (κ1) is 13.9.